The van der Waals surface area contributed by atoms with E-state index in [1.807, 2.05) is 6.92 Å². The van der Waals surface area contributed by atoms with Crippen molar-refractivity contribution in [2.75, 3.05) is 0 Å². The number of allylic oxidation sites excluding steroid dienone is 4. The predicted molar refractivity (Wildman–Crippen MR) is 63.3 cm³/mol. The second-order valence-corrected chi connectivity index (χ2v) is 4.01. The molecule has 0 radical (unpaired) electrons. The van der Waals surface area contributed by atoms with E-state index in [1.54, 1.807) is 0 Å². The van der Waals surface area contributed by atoms with E-state index in [2.05, 4.69) is 38.2 Å². The Labute approximate surface area is 88.5 Å². The van der Waals surface area contributed by atoms with Crippen molar-refractivity contribution in [1.29, 1.82) is 0 Å². The molecule has 1 atom stereocenters. The number of aliphatic hydroxyl groups is 1. The average Bonchev–Trinajstić information content (AvgIpc) is 2.16. The highest BCUT2D eigenvalue weighted by atomic mass is 16.3. The molecular weight excluding hydrogens is 172 g/mol. The number of hydrogen-bond acceptors (Lipinski definition) is 1. The van der Waals surface area contributed by atoms with Gasteiger partial charge in [-0.2, -0.15) is 0 Å². The molecule has 0 aliphatic carbocycles. The van der Waals surface area contributed by atoms with Gasteiger partial charge >= 0.3 is 0 Å². The highest BCUT2D eigenvalue weighted by Gasteiger charge is 2.06. The third kappa shape index (κ3) is 8.06. The van der Waals surface area contributed by atoms with Gasteiger partial charge in [0.2, 0.25) is 0 Å². The molecule has 0 heterocycles. The molecule has 0 bridgehead atoms. The lowest BCUT2D eigenvalue weighted by molar-refractivity contribution is 0.117. The summed E-state index contributed by atoms with van der Waals surface area (Å²) in [4.78, 5) is 0. The minimum atomic E-state index is -0.143. The van der Waals surface area contributed by atoms with Crippen LogP contribution in [-0.4, -0.2) is 11.2 Å². The third-order valence-electron chi connectivity index (χ3n) is 2.30. The average molecular weight is 196 g/mol. The normalized spacial score (nSPS) is 14.6. The molecule has 1 unspecified atom stereocenters. The van der Waals surface area contributed by atoms with Gasteiger partial charge in [-0.05, 0) is 38.5 Å². The lowest BCUT2D eigenvalue weighted by atomic mass is 10.0. The van der Waals surface area contributed by atoms with Crippen molar-refractivity contribution in [2.24, 2.45) is 5.92 Å². The maximum absolute atomic E-state index is 9.52. The van der Waals surface area contributed by atoms with Gasteiger partial charge in [-0.15, -0.1) is 0 Å². The summed E-state index contributed by atoms with van der Waals surface area (Å²) < 4.78 is 0. The van der Waals surface area contributed by atoms with Crippen LogP contribution in [-0.2, 0) is 0 Å². The van der Waals surface area contributed by atoms with Crippen LogP contribution in [0, 0.1) is 5.92 Å². The van der Waals surface area contributed by atoms with Crippen LogP contribution < -0.4 is 0 Å². The lowest BCUT2D eigenvalue weighted by Crippen LogP contribution is -2.13. The number of aliphatic hydroxyl groups excluding tert-OH is 1. The molecule has 0 saturated heterocycles. The van der Waals surface area contributed by atoms with Gasteiger partial charge in [-0.25, -0.2) is 0 Å². The smallest absolute Gasteiger partial charge is 0.0566 e. The maximum Gasteiger partial charge on any atom is 0.0566 e. The molecule has 0 fully saturated rings. The van der Waals surface area contributed by atoms with Gasteiger partial charge in [-0.1, -0.05) is 38.2 Å². The van der Waals surface area contributed by atoms with Gasteiger partial charge in [0.1, 0.15) is 0 Å². The van der Waals surface area contributed by atoms with Gasteiger partial charge < -0.3 is 5.11 Å². The third-order valence-corrected chi connectivity index (χ3v) is 2.30. The summed E-state index contributed by atoms with van der Waals surface area (Å²) in [5.74, 6) is 0.381. The Balaban J connectivity index is 3.35. The van der Waals surface area contributed by atoms with Crippen molar-refractivity contribution in [3.05, 3.63) is 24.3 Å². The number of unbranched alkanes of at least 4 members (excludes halogenated alkanes) is 1. The fraction of sp³-hybridized carbons (Fsp3) is 0.692. The van der Waals surface area contributed by atoms with Crippen LogP contribution in [0.2, 0.25) is 0 Å². The van der Waals surface area contributed by atoms with Crippen LogP contribution in [0.5, 0.6) is 0 Å². The summed E-state index contributed by atoms with van der Waals surface area (Å²) >= 11 is 0. The molecule has 0 aromatic heterocycles. The van der Waals surface area contributed by atoms with Crippen LogP contribution in [0.1, 0.15) is 46.5 Å². The molecule has 0 amide bonds. The first-order valence-corrected chi connectivity index (χ1v) is 5.62. The van der Waals surface area contributed by atoms with E-state index in [0.29, 0.717) is 5.92 Å². The van der Waals surface area contributed by atoms with Crippen LogP contribution in [0.4, 0.5) is 0 Å². The monoisotopic (exact) mass is 196 g/mol. The summed E-state index contributed by atoms with van der Waals surface area (Å²) in [7, 11) is 0. The SMILES string of the molecule is CC=CCCC=CCCC(O)C(C)C. The summed E-state index contributed by atoms with van der Waals surface area (Å²) in [6, 6.07) is 0. The quantitative estimate of drug-likeness (QED) is 0.486. The molecule has 0 aromatic rings. The van der Waals surface area contributed by atoms with E-state index in [0.717, 1.165) is 25.7 Å². The minimum Gasteiger partial charge on any atom is -0.393 e. The highest BCUT2D eigenvalue weighted by molar-refractivity contribution is 4.87. The second kappa shape index (κ2) is 9.01. The topological polar surface area (TPSA) is 20.2 Å². The van der Waals surface area contributed by atoms with E-state index in [-0.39, 0.29) is 6.10 Å². The lowest BCUT2D eigenvalue weighted by Gasteiger charge is -2.12. The van der Waals surface area contributed by atoms with Crippen molar-refractivity contribution >= 4 is 0 Å². The Morgan fingerprint density at radius 3 is 2.14 bits per heavy atom. The second-order valence-electron chi connectivity index (χ2n) is 4.01. The van der Waals surface area contributed by atoms with Crippen LogP contribution >= 0.6 is 0 Å². The Bertz CT molecular complexity index is 168. The molecule has 0 aliphatic heterocycles. The van der Waals surface area contributed by atoms with Crippen molar-refractivity contribution in [3.8, 4) is 0 Å². The Hall–Kier alpha value is -0.560. The van der Waals surface area contributed by atoms with Gasteiger partial charge in [0.05, 0.1) is 6.10 Å². The minimum absolute atomic E-state index is 0.143. The Morgan fingerprint density at radius 1 is 1.00 bits per heavy atom. The summed E-state index contributed by atoms with van der Waals surface area (Å²) in [5, 5.41) is 9.52. The molecule has 1 N–H and O–H groups in total. The summed E-state index contributed by atoms with van der Waals surface area (Å²) in [6.07, 6.45) is 12.6. The van der Waals surface area contributed by atoms with Gasteiger partial charge in [0.15, 0.2) is 0 Å². The van der Waals surface area contributed by atoms with Crippen molar-refractivity contribution in [3.63, 3.8) is 0 Å². The van der Waals surface area contributed by atoms with Gasteiger partial charge in [-0.3, -0.25) is 0 Å². The predicted octanol–water partition coefficient (Wildman–Crippen LogP) is 3.70. The van der Waals surface area contributed by atoms with E-state index in [9.17, 15) is 5.11 Å². The van der Waals surface area contributed by atoms with E-state index in [4.69, 9.17) is 0 Å². The molecule has 14 heavy (non-hydrogen) atoms. The largest absolute Gasteiger partial charge is 0.393 e. The zero-order chi connectivity index (χ0) is 10.8. The molecule has 82 valence electrons. The first-order chi connectivity index (χ1) is 6.68. The van der Waals surface area contributed by atoms with E-state index < -0.39 is 0 Å². The highest BCUT2D eigenvalue weighted by Crippen LogP contribution is 2.08. The zero-order valence-corrected chi connectivity index (χ0v) is 9.74. The molecule has 0 aromatic carbocycles. The molecule has 0 spiro atoms. The van der Waals surface area contributed by atoms with Crippen LogP contribution in [0.3, 0.4) is 0 Å². The van der Waals surface area contributed by atoms with Gasteiger partial charge in [0, 0.05) is 0 Å². The molecular formula is C13H24O. The Kier molecular flexibility index (Phi) is 8.65. The molecule has 0 aliphatic rings. The number of hydrogen-bond donors (Lipinski definition) is 1. The van der Waals surface area contributed by atoms with Gasteiger partial charge in [0.25, 0.3) is 0 Å². The van der Waals surface area contributed by atoms with E-state index >= 15 is 0 Å². The van der Waals surface area contributed by atoms with E-state index in [1.165, 1.54) is 0 Å². The maximum atomic E-state index is 9.52. The van der Waals surface area contributed by atoms with Crippen LogP contribution in [0.25, 0.3) is 0 Å². The summed E-state index contributed by atoms with van der Waals surface area (Å²) in [5.41, 5.74) is 0. The Morgan fingerprint density at radius 2 is 1.57 bits per heavy atom. The van der Waals surface area contributed by atoms with Crippen molar-refractivity contribution < 1.29 is 5.11 Å². The fourth-order valence-electron chi connectivity index (χ4n) is 1.20. The molecule has 0 rings (SSSR count). The molecule has 1 heteroatoms. The number of rotatable bonds is 7. The first kappa shape index (κ1) is 13.4. The summed E-state index contributed by atoms with van der Waals surface area (Å²) in [6.45, 7) is 6.16. The van der Waals surface area contributed by atoms with Crippen LogP contribution in [0.15, 0.2) is 24.3 Å². The van der Waals surface area contributed by atoms with Crippen molar-refractivity contribution in [2.45, 2.75) is 52.6 Å². The standard InChI is InChI=1S/C13H24O/c1-4-5-6-7-8-9-10-11-13(14)12(2)3/h4-5,8-9,12-14H,6-7,10-11H2,1-3H3. The zero-order valence-electron chi connectivity index (χ0n) is 9.74. The first-order valence-electron chi connectivity index (χ1n) is 5.62. The molecule has 1 nitrogen and oxygen atoms in total. The molecule has 0 saturated carbocycles. The van der Waals surface area contributed by atoms with Crippen molar-refractivity contribution in [1.82, 2.24) is 0 Å². The fourth-order valence-corrected chi connectivity index (χ4v) is 1.20.